The lowest BCUT2D eigenvalue weighted by Gasteiger charge is -2.12. The molecule has 7 heteroatoms. The average molecular weight is 298 g/mol. The van der Waals surface area contributed by atoms with E-state index in [9.17, 15) is 17.2 Å². The summed E-state index contributed by atoms with van der Waals surface area (Å²) in [4.78, 5) is -0.234. The Labute approximate surface area is 115 Å². The van der Waals surface area contributed by atoms with Crippen LogP contribution in [0.3, 0.4) is 0 Å². The molecular formula is C13H12F2N2O2S. The molecule has 20 heavy (non-hydrogen) atoms. The van der Waals surface area contributed by atoms with Crippen molar-refractivity contribution in [1.82, 2.24) is 0 Å². The maximum Gasteiger partial charge on any atom is 0.263 e. The number of hydrogen-bond donors (Lipinski definition) is 2. The number of nitrogens with two attached hydrogens (primary N) is 1. The van der Waals surface area contributed by atoms with Crippen molar-refractivity contribution in [3.63, 3.8) is 0 Å². The van der Waals surface area contributed by atoms with Crippen LogP contribution in [0.4, 0.5) is 20.2 Å². The van der Waals surface area contributed by atoms with Crippen LogP contribution in [0.1, 0.15) is 5.56 Å². The van der Waals surface area contributed by atoms with Crippen molar-refractivity contribution >= 4 is 21.4 Å². The summed E-state index contributed by atoms with van der Waals surface area (Å²) in [7, 11) is -3.96. The molecule has 0 aliphatic heterocycles. The van der Waals surface area contributed by atoms with Crippen molar-refractivity contribution in [2.45, 2.75) is 11.8 Å². The quantitative estimate of drug-likeness (QED) is 0.856. The number of anilines is 2. The second kappa shape index (κ2) is 5.09. The molecule has 0 heterocycles. The maximum atomic E-state index is 13.0. The molecule has 0 unspecified atom stereocenters. The third kappa shape index (κ3) is 2.88. The number of nitrogen functional groups attached to an aromatic ring is 1. The Balaban J connectivity index is 2.41. The number of rotatable bonds is 3. The Bertz CT molecular complexity index is 761. The minimum atomic E-state index is -3.96. The Morgan fingerprint density at radius 1 is 1.05 bits per heavy atom. The predicted molar refractivity (Wildman–Crippen MR) is 72.8 cm³/mol. The van der Waals surface area contributed by atoms with E-state index in [0.717, 1.165) is 24.3 Å². The highest BCUT2D eigenvalue weighted by atomic mass is 32.2. The first-order chi connectivity index (χ1) is 9.29. The monoisotopic (exact) mass is 298 g/mol. The van der Waals surface area contributed by atoms with Gasteiger partial charge in [0.05, 0.1) is 11.4 Å². The van der Waals surface area contributed by atoms with Gasteiger partial charge in [-0.15, -0.1) is 0 Å². The minimum absolute atomic E-state index is 0.197. The van der Waals surface area contributed by atoms with Crippen LogP contribution in [-0.4, -0.2) is 8.42 Å². The summed E-state index contributed by atoms with van der Waals surface area (Å²) in [5, 5.41) is 0. The molecule has 0 aliphatic rings. The van der Waals surface area contributed by atoms with Crippen molar-refractivity contribution in [3.8, 4) is 0 Å². The fourth-order valence-corrected chi connectivity index (χ4v) is 2.95. The van der Waals surface area contributed by atoms with E-state index in [0.29, 0.717) is 5.56 Å². The van der Waals surface area contributed by atoms with Gasteiger partial charge in [-0.3, -0.25) is 4.72 Å². The number of hydrogen-bond acceptors (Lipinski definition) is 3. The summed E-state index contributed by atoms with van der Waals surface area (Å²) >= 11 is 0. The average Bonchev–Trinajstić information content (AvgIpc) is 2.32. The fourth-order valence-electron chi connectivity index (χ4n) is 1.71. The number of nitrogens with one attached hydrogen (secondary N) is 1. The van der Waals surface area contributed by atoms with Gasteiger partial charge in [0, 0.05) is 0 Å². The lowest BCUT2D eigenvalue weighted by atomic mass is 10.2. The van der Waals surface area contributed by atoms with Gasteiger partial charge in [0.1, 0.15) is 16.5 Å². The van der Waals surface area contributed by atoms with Crippen molar-refractivity contribution < 1.29 is 17.2 Å². The van der Waals surface area contributed by atoms with E-state index in [1.807, 2.05) is 0 Å². The zero-order valence-electron chi connectivity index (χ0n) is 10.5. The Hall–Kier alpha value is -2.15. The molecule has 0 saturated heterocycles. The third-order valence-corrected chi connectivity index (χ3v) is 4.13. The van der Waals surface area contributed by atoms with Crippen molar-refractivity contribution in [2.24, 2.45) is 0 Å². The van der Waals surface area contributed by atoms with Crippen LogP contribution in [0.25, 0.3) is 0 Å². The molecule has 4 nitrogen and oxygen atoms in total. The van der Waals surface area contributed by atoms with Crippen LogP contribution in [0, 0.1) is 18.6 Å². The van der Waals surface area contributed by atoms with Crippen LogP contribution in [0.5, 0.6) is 0 Å². The molecular weight excluding hydrogens is 286 g/mol. The Morgan fingerprint density at radius 3 is 2.25 bits per heavy atom. The molecule has 106 valence electrons. The molecule has 2 rings (SSSR count). The van der Waals surface area contributed by atoms with E-state index in [-0.39, 0.29) is 16.3 Å². The summed E-state index contributed by atoms with van der Waals surface area (Å²) in [6, 6.07) is 6.65. The molecule has 0 bridgehead atoms. The zero-order valence-corrected chi connectivity index (χ0v) is 11.3. The summed E-state index contributed by atoms with van der Waals surface area (Å²) in [6.45, 7) is 1.56. The molecule has 0 aromatic heterocycles. The zero-order chi connectivity index (χ0) is 14.9. The first kappa shape index (κ1) is 14.3. The molecule has 2 aromatic rings. The molecule has 0 atom stereocenters. The summed E-state index contributed by atoms with van der Waals surface area (Å²) in [5.74, 6) is -1.09. The summed E-state index contributed by atoms with van der Waals surface area (Å²) in [6.07, 6.45) is 0. The molecule has 0 saturated carbocycles. The second-order valence-electron chi connectivity index (χ2n) is 4.25. The molecule has 0 radical (unpaired) electrons. The predicted octanol–water partition coefficient (Wildman–Crippen LogP) is 2.66. The SMILES string of the molecule is Cc1cc(F)ccc1NS(=O)(=O)c1ccc(F)cc1N. The van der Waals surface area contributed by atoms with E-state index in [2.05, 4.69) is 4.72 Å². The van der Waals surface area contributed by atoms with Gasteiger partial charge in [0.2, 0.25) is 0 Å². The van der Waals surface area contributed by atoms with Gasteiger partial charge in [0.25, 0.3) is 10.0 Å². The smallest absolute Gasteiger partial charge is 0.263 e. The van der Waals surface area contributed by atoms with Crippen molar-refractivity contribution in [2.75, 3.05) is 10.5 Å². The van der Waals surface area contributed by atoms with Gasteiger partial charge in [-0.05, 0) is 48.9 Å². The first-order valence-corrected chi connectivity index (χ1v) is 7.12. The number of benzene rings is 2. The van der Waals surface area contributed by atoms with E-state index in [1.54, 1.807) is 6.92 Å². The molecule has 2 aromatic carbocycles. The number of sulfonamides is 1. The topological polar surface area (TPSA) is 72.2 Å². The molecule has 0 spiro atoms. The highest BCUT2D eigenvalue weighted by Crippen LogP contribution is 2.24. The third-order valence-electron chi connectivity index (χ3n) is 2.69. The first-order valence-electron chi connectivity index (χ1n) is 5.63. The maximum absolute atomic E-state index is 13.0. The molecule has 0 amide bonds. The van der Waals surface area contributed by atoms with Crippen LogP contribution >= 0.6 is 0 Å². The highest BCUT2D eigenvalue weighted by molar-refractivity contribution is 7.92. The van der Waals surface area contributed by atoms with Gasteiger partial charge in [-0.25, -0.2) is 17.2 Å². The van der Waals surface area contributed by atoms with E-state index in [1.165, 1.54) is 12.1 Å². The molecule has 0 fully saturated rings. The van der Waals surface area contributed by atoms with Crippen LogP contribution in [0.2, 0.25) is 0 Å². The van der Waals surface area contributed by atoms with Gasteiger partial charge in [-0.1, -0.05) is 0 Å². The summed E-state index contributed by atoms with van der Waals surface area (Å²) in [5.41, 5.74) is 5.96. The fraction of sp³-hybridized carbons (Fsp3) is 0.0769. The lowest BCUT2D eigenvalue weighted by molar-refractivity contribution is 0.600. The minimum Gasteiger partial charge on any atom is -0.398 e. The van der Waals surface area contributed by atoms with Crippen LogP contribution in [-0.2, 0) is 10.0 Å². The largest absolute Gasteiger partial charge is 0.398 e. The van der Waals surface area contributed by atoms with Crippen molar-refractivity contribution in [3.05, 3.63) is 53.6 Å². The Kier molecular flexibility index (Phi) is 3.63. The number of aryl methyl sites for hydroxylation is 1. The highest BCUT2D eigenvalue weighted by Gasteiger charge is 2.18. The van der Waals surface area contributed by atoms with Crippen LogP contribution in [0.15, 0.2) is 41.3 Å². The number of halogens is 2. The van der Waals surface area contributed by atoms with Gasteiger partial charge in [-0.2, -0.15) is 0 Å². The normalized spacial score (nSPS) is 11.3. The van der Waals surface area contributed by atoms with Crippen LogP contribution < -0.4 is 10.5 Å². The van der Waals surface area contributed by atoms with Crippen molar-refractivity contribution in [1.29, 1.82) is 0 Å². The van der Waals surface area contributed by atoms with E-state index < -0.39 is 21.7 Å². The standard InChI is InChI=1S/C13H12F2N2O2S/c1-8-6-9(14)2-4-12(8)17-20(18,19)13-5-3-10(15)7-11(13)16/h2-7,17H,16H2,1H3. The summed E-state index contributed by atoms with van der Waals surface area (Å²) < 4.78 is 52.5. The van der Waals surface area contributed by atoms with E-state index >= 15 is 0 Å². The Morgan fingerprint density at radius 2 is 1.65 bits per heavy atom. The lowest BCUT2D eigenvalue weighted by Crippen LogP contribution is -2.15. The van der Waals surface area contributed by atoms with Gasteiger partial charge >= 0.3 is 0 Å². The van der Waals surface area contributed by atoms with E-state index in [4.69, 9.17) is 5.73 Å². The van der Waals surface area contributed by atoms with Gasteiger partial charge in [0.15, 0.2) is 0 Å². The van der Waals surface area contributed by atoms with Gasteiger partial charge < -0.3 is 5.73 Å². The second-order valence-corrected chi connectivity index (χ2v) is 5.90. The molecule has 0 aliphatic carbocycles. The molecule has 3 N–H and O–H groups in total.